The molecule has 1 aliphatic carbocycles. The van der Waals surface area contributed by atoms with Gasteiger partial charge in [-0.05, 0) is 30.9 Å². The minimum Gasteiger partial charge on any atom is -0.456 e. The summed E-state index contributed by atoms with van der Waals surface area (Å²) in [4.78, 5) is 37.1. The Balaban J connectivity index is 1.44. The van der Waals surface area contributed by atoms with Gasteiger partial charge in [0.25, 0.3) is 5.91 Å². The van der Waals surface area contributed by atoms with Crippen molar-refractivity contribution in [1.29, 1.82) is 0 Å². The van der Waals surface area contributed by atoms with Crippen LogP contribution in [0.3, 0.4) is 0 Å². The molecule has 3 rings (SSSR count). The van der Waals surface area contributed by atoms with Crippen LogP contribution in [-0.2, 0) is 19.1 Å². The Morgan fingerprint density at radius 1 is 1.27 bits per heavy atom. The standard InChI is InChI=1S/C19H24N2O4S/c1-12-6-2-3-7-13(12)20-17(22)11-25-18(23)10-16-19(24)21-14-8-4-5-9-15(14)26-16/h4-5,8-9,12-13,16H,2-3,6-7,10-11H2,1H3,(H,20,22)(H,21,24)/t12-,13+,16+/m0/s1. The zero-order valence-electron chi connectivity index (χ0n) is 14.8. The van der Waals surface area contributed by atoms with E-state index in [1.807, 2.05) is 24.3 Å². The maximum Gasteiger partial charge on any atom is 0.307 e. The highest BCUT2D eigenvalue weighted by Gasteiger charge is 2.30. The molecule has 2 N–H and O–H groups in total. The van der Waals surface area contributed by atoms with Crippen molar-refractivity contribution < 1.29 is 19.1 Å². The van der Waals surface area contributed by atoms with E-state index in [-0.39, 0.29) is 30.9 Å². The Morgan fingerprint density at radius 3 is 2.85 bits per heavy atom. The number of fused-ring (bicyclic) bond motifs is 1. The number of carbonyl (C=O) groups is 3. The van der Waals surface area contributed by atoms with Crippen molar-refractivity contribution in [1.82, 2.24) is 5.32 Å². The molecule has 2 aliphatic rings. The fourth-order valence-electron chi connectivity index (χ4n) is 3.36. The SMILES string of the molecule is C[C@H]1CCCC[C@H]1NC(=O)COC(=O)C[C@H]1Sc2ccccc2NC1=O. The van der Waals surface area contributed by atoms with Gasteiger partial charge >= 0.3 is 5.97 Å². The van der Waals surface area contributed by atoms with Crippen molar-refractivity contribution in [3.05, 3.63) is 24.3 Å². The molecule has 140 valence electrons. The van der Waals surface area contributed by atoms with Crippen molar-refractivity contribution in [2.75, 3.05) is 11.9 Å². The summed E-state index contributed by atoms with van der Waals surface area (Å²) in [5, 5.41) is 5.20. The van der Waals surface area contributed by atoms with E-state index in [4.69, 9.17) is 4.74 Å². The Bertz CT molecular complexity index is 694. The number of nitrogens with one attached hydrogen (secondary N) is 2. The Kier molecular flexibility index (Phi) is 6.19. The lowest BCUT2D eigenvalue weighted by Gasteiger charge is -2.29. The molecule has 3 atom stereocenters. The number of hydrogen-bond acceptors (Lipinski definition) is 5. The molecule has 0 aromatic heterocycles. The third-order valence-corrected chi connectivity index (χ3v) is 6.16. The van der Waals surface area contributed by atoms with Gasteiger partial charge in [0, 0.05) is 10.9 Å². The summed E-state index contributed by atoms with van der Waals surface area (Å²) in [6, 6.07) is 7.61. The molecular weight excluding hydrogens is 352 g/mol. The highest BCUT2D eigenvalue weighted by atomic mass is 32.2. The molecule has 0 spiro atoms. The molecule has 0 unspecified atom stereocenters. The lowest BCUT2D eigenvalue weighted by molar-refractivity contribution is -0.149. The number of carbonyl (C=O) groups excluding carboxylic acids is 3. The van der Waals surface area contributed by atoms with Crippen LogP contribution in [0.15, 0.2) is 29.2 Å². The molecule has 7 heteroatoms. The Labute approximate surface area is 157 Å². The van der Waals surface area contributed by atoms with Crippen molar-refractivity contribution in [3.63, 3.8) is 0 Å². The maximum absolute atomic E-state index is 12.1. The predicted molar refractivity (Wildman–Crippen MR) is 99.9 cm³/mol. The molecule has 1 aromatic carbocycles. The molecule has 6 nitrogen and oxygen atoms in total. The van der Waals surface area contributed by atoms with E-state index in [0.29, 0.717) is 5.92 Å². The van der Waals surface area contributed by atoms with Gasteiger partial charge in [-0.1, -0.05) is 31.9 Å². The second kappa shape index (κ2) is 8.58. The van der Waals surface area contributed by atoms with Gasteiger partial charge in [0.15, 0.2) is 6.61 Å². The van der Waals surface area contributed by atoms with Gasteiger partial charge in [0.1, 0.15) is 0 Å². The number of esters is 1. The summed E-state index contributed by atoms with van der Waals surface area (Å²) in [6.45, 7) is 1.84. The van der Waals surface area contributed by atoms with E-state index >= 15 is 0 Å². The summed E-state index contributed by atoms with van der Waals surface area (Å²) < 4.78 is 5.08. The van der Waals surface area contributed by atoms with Gasteiger partial charge in [-0.3, -0.25) is 14.4 Å². The average Bonchev–Trinajstić information content (AvgIpc) is 2.62. The predicted octanol–water partition coefficient (Wildman–Crippen LogP) is 2.73. The molecule has 0 saturated heterocycles. The van der Waals surface area contributed by atoms with E-state index in [2.05, 4.69) is 17.6 Å². The largest absolute Gasteiger partial charge is 0.456 e. The van der Waals surface area contributed by atoms with Crippen LogP contribution in [0.5, 0.6) is 0 Å². The smallest absolute Gasteiger partial charge is 0.307 e. The maximum atomic E-state index is 12.1. The van der Waals surface area contributed by atoms with Crippen LogP contribution < -0.4 is 10.6 Å². The zero-order valence-corrected chi connectivity index (χ0v) is 15.6. The fraction of sp³-hybridized carbons (Fsp3) is 0.526. The van der Waals surface area contributed by atoms with Crippen LogP contribution in [0, 0.1) is 5.92 Å². The average molecular weight is 376 g/mol. The minimum absolute atomic E-state index is 0.0576. The first kappa shape index (κ1) is 18.8. The van der Waals surface area contributed by atoms with E-state index < -0.39 is 11.2 Å². The highest BCUT2D eigenvalue weighted by molar-refractivity contribution is 8.01. The van der Waals surface area contributed by atoms with E-state index in [1.165, 1.54) is 18.2 Å². The molecule has 0 bridgehead atoms. The molecular formula is C19H24N2O4S. The molecule has 1 saturated carbocycles. The molecule has 1 heterocycles. The number of amides is 2. The second-order valence-electron chi connectivity index (χ2n) is 6.89. The number of thioether (sulfide) groups is 1. The van der Waals surface area contributed by atoms with Gasteiger partial charge in [-0.2, -0.15) is 0 Å². The molecule has 1 aliphatic heterocycles. The van der Waals surface area contributed by atoms with Gasteiger partial charge in [0.05, 0.1) is 17.4 Å². The number of rotatable bonds is 5. The molecule has 0 radical (unpaired) electrons. The van der Waals surface area contributed by atoms with Crippen LogP contribution >= 0.6 is 11.8 Å². The molecule has 1 fully saturated rings. The summed E-state index contributed by atoms with van der Waals surface area (Å²) in [5.41, 5.74) is 0.757. The Hall–Kier alpha value is -2.02. The number of ether oxygens (including phenoxy) is 1. The van der Waals surface area contributed by atoms with Gasteiger partial charge in [-0.25, -0.2) is 0 Å². The summed E-state index contributed by atoms with van der Waals surface area (Å²) in [7, 11) is 0. The summed E-state index contributed by atoms with van der Waals surface area (Å²) in [5.74, 6) is -0.580. The lowest BCUT2D eigenvalue weighted by atomic mass is 9.86. The number of benzene rings is 1. The van der Waals surface area contributed by atoms with Crippen LogP contribution in [0.2, 0.25) is 0 Å². The van der Waals surface area contributed by atoms with Crippen molar-refractivity contribution in [3.8, 4) is 0 Å². The van der Waals surface area contributed by atoms with Crippen molar-refractivity contribution >= 4 is 35.2 Å². The Morgan fingerprint density at radius 2 is 2.04 bits per heavy atom. The van der Waals surface area contributed by atoms with Gasteiger partial charge < -0.3 is 15.4 Å². The van der Waals surface area contributed by atoms with Crippen molar-refractivity contribution in [2.45, 2.75) is 55.2 Å². The van der Waals surface area contributed by atoms with Gasteiger partial charge in [0.2, 0.25) is 5.91 Å². The zero-order chi connectivity index (χ0) is 18.5. The first-order valence-corrected chi connectivity index (χ1v) is 9.92. The fourth-order valence-corrected chi connectivity index (χ4v) is 4.46. The highest BCUT2D eigenvalue weighted by Crippen LogP contribution is 2.36. The third kappa shape index (κ3) is 4.78. The van der Waals surface area contributed by atoms with Crippen LogP contribution in [0.25, 0.3) is 0 Å². The topological polar surface area (TPSA) is 84.5 Å². The number of hydrogen-bond donors (Lipinski definition) is 2. The first-order valence-electron chi connectivity index (χ1n) is 9.04. The molecule has 1 aromatic rings. The normalized spacial score (nSPS) is 25.0. The lowest BCUT2D eigenvalue weighted by Crippen LogP contribution is -2.43. The van der Waals surface area contributed by atoms with Gasteiger partial charge in [-0.15, -0.1) is 11.8 Å². The van der Waals surface area contributed by atoms with E-state index in [1.54, 1.807) is 0 Å². The monoisotopic (exact) mass is 376 g/mol. The summed E-state index contributed by atoms with van der Waals surface area (Å²) >= 11 is 1.34. The molecule has 26 heavy (non-hydrogen) atoms. The van der Waals surface area contributed by atoms with Crippen molar-refractivity contribution in [2.24, 2.45) is 5.92 Å². The first-order chi connectivity index (χ1) is 12.5. The second-order valence-corrected chi connectivity index (χ2v) is 8.14. The van der Waals surface area contributed by atoms with E-state index in [0.717, 1.165) is 29.8 Å². The third-order valence-electron chi connectivity index (χ3n) is 4.88. The minimum atomic E-state index is -0.543. The summed E-state index contributed by atoms with van der Waals surface area (Å²) in [6.07, 6.45) is 4.34. The molecule has 2 amide bonds. The quantitative estimate of drug-likeness (QED) is 0.772. The van der Waals surface area contributed by atoms with Crippen LogP contribution in [0.4, 0.5) is 5.69 Å². The van der Waals surface area contributed by atoms with Crippen LogP contribution in [-0.4, -0.2) is 35.7 Å². The van der Waals surface area contributed by atoms with E-state index in [9.17, 15) is 14.4 Å². The van der Waals surface area contributed by atoms with Crippen LogP contribution in [0.1, 0.15) is 39.0 Å². The number of para-hydroxylation sites is 1. The number of anilines is 1.